The summed E-state index contributed by atoms with van der Waals surface area (Å²) in [5, 5.41) is 7.38. The number of rotatable bonds is 4. The molecule has 0 saturated carbocycles. The molecule has 0 atom stereocenters. The average Bonchev–Trinajstić information content (AvgIpc) is 2.95. The third-order valence-electron chi connectivity index (χ3n) is 2.85. The van der Waals surface area contributed by atoms with E-state index in [1.54, 1.807) is 29.3 Å². The Morgan fingerprint density at radius 1 is 1.14 bits per heavy atom. The van der Waals surface area contributed by atoms with Gasteiger partial charge in [-0.15, -0.1) is 0 Å². The van der Waals surface area contributed by atoms with Crippen molar-refractivity contribution in [2.24, 2.45) is 7.05 Å². The molecule has 0 aliphatic carbocycles. The van der Waals surface area contributed by atoms with Crippen molar-refractivity contribution in [3.8, 4) is 22.9 Å². The predicted molar refractivity (Wildman–Crippen MR) is 79.4 cm³/mol. The summed E-state index contributed by atoms with van der Waals surface area (Å²) >= 11 is 0. The molecule has 0 amide bonds. The predicted octanol–water partition coefficient (Wildman–Crippen LogP) is 1.77. The number of hydrogen-bond donors (Lipinski definition) is 1. The van der Waals surface area contributed by atoms with Crippen molar-refractivity contribution in [1.29, 1.82) is 0 Å². The van der Waals surface area contributed by atoms with E-state index in [1.165, 1.54) is 0 Å². The number of aromatic nitrogens is 6. The number of anilines is 1. The lowest BCUT2D eigenvalue weighted by atomic mass is 10.2. The molecule has 7 nitrogen and oxygen atoms in total. The van der Waals surface area contributed by atoms with Gasteiger partial charge in [-0.25, -0.2) is 19.9 Å². The zero-order valence-electron chi connectivity index (χ0n) is 11.9. The summed E-state index contributed by atoms with van der Waals surface area (Å²) in [6.07, 6.45) is 7.03. The maximum Gasteiger partial charge on any atom is 0.200 e. The molecular formula is C14H15N7. The molecule has 21 heavy (non-hydrogen) atoms. The lowest BCUT2D eigenvalue weighted by molar-refractivity contribution is 0.768. The second kappa shape index (κ2) is 5.66. The van der Waals surface area contributed by atoms with E-state index < -0.39 is 0 Å². The van der Waals surface area contributed by atoms with Crippen LogP contribution in [0.5, 0.6) is 0 Å². The van der Waals surface area contributed by atoms with Crippen LogP contribution in [0.1, 0.15) is 6.92 Å². The van der Waals surface area contributed by atoms with Crippen molar-refractivity contribution >= 4 is 5.82 Å². The normalized spacial score (nSPS) is 10.6. The number of nitrogens with zero attached hydrogens (tertiary/aromatic N) is 6. The molecule has 0 unspecified atom stereocenters. The molecule has 3 heterocycles. The Kier molecular flexibility index (Phi) is 3.55. The maximum atomic E-state index is 4.54. The lowest BCUT2D eigenvalue weighted by Crippen LogP contribution is -2.03. The fourth-order valence-electron chi connectivity index (χ4n) is 1.93. The van der Waals surface area contributed by atoms with E-state index in [1.807, 2.05) is 26.2 Å². The van der Waals surface area contributed by atoms with Gasteiger partial charge in [-0.3, -0.25) is 4.68 Å². The second-order valence-corrected chi connectivity index (χ2v) is 4.47. The smallest absolute Gasteiger partial charge is 0.200 e. The van der Waals surface area contributed by atoms with Crippen LogP contribution >= 0.6 is 0 Å². The third kappa shape index (κ3) is 2.86. The van der Waals surface area contributed by atoms with Gasteiger partial charge in [0.2, 0.25) is 0 Å². The zero-order valence-corrected chi connectivity index (χ0v) is 11.9. The van der Waals surface area contributed by atoms with E-state index in [0.717, 1.165) is 23.6 Å². The van der Waals surface area contributed by atoms with Gasteiger partial charge in [0.15, 0.2) is 11.6 Å². The Morgan fingerprint density at radius 2 is 1.95 bits per heavy atom. The number of hydrogen-bond acceptors (Lipinski definition) is 6. The first kappa shape index (κ1) is 13.2. The molecular weight excluding hydrogens is 266 g/mol. The van der Waals surface area contributed by atoms with Crippen LogP contribution in [0.4, 0.5) is 5.82 Å². The van der Waals surface area contributed by atoms with E-state index >= 15 is 0 Å². The molecule has 0 saturated heterocycles. The highest BCUT2D eigenvalue weighted by Crippen LogP contribution is 2.22. The van der Waals surface area contributed by atoms with Crippen LogP contribution in [0.3, 0.4) is 0 Å². The third-order valence-corrected chi connectivity index (χ3v) is 2.85. The Hall–Kier alpha value is -2.83. The van der Waals surface area contributed by atoms with Gasteiger partial charge < -0.3 is 5.32 Å². The standard InChI is InChI=1S/C14H15N7/c1-3-15-12-7-11(10-8-18-21(2)9-10)19-14(20-12)13-16-5-4-6-17-13/h4-9H,3H2,1-2H3,(H,15,19,20). The van der Waals surface area contributed by atoms with E-state index in [0.29, 0.717) is 11.6 Å². The van der Waals surface area contributed by atoms with Crippen LogP contribution in [0.2, 0.25) is 0 Å². The minimum atomic E-state index is 0.493. The summed E-state index contributed by atoms with van der Waals surface area (Å²) in [6.45, 7) is 2.79. The van der Waals surface area contributed by atoms with Crippen molar-refractivity contribution in [3.05, 3.63) is 36.9 Å². The molecule has 0 spiro atoms. The van der Waals surface area contributed by atoms with Crippen LogP contribution in [-0.2, 0) is 7.05 Å². The largest absolute Gasteiger partial charge is 0.370 e. The molecule has 1 N–H and O–H groups in total. The molecule has 3 aromatic rings. The molecule has 0 radical (unpaired) electrons. The summed E-state index contributed by atoms with van der Waals surface area (Å²) in [5.41, 5.74) is 1.72. The Labute approximate surface area is 122 Å². The van der Waals surface area contributed by atoms with Gasteiger partial charge in [-0.1, -0.05) is 0 Å². The fourth-order valence-corrected chi connectivity index (χ4v) is 1.93. The molecule has 0 aliphatic rings. The Bertz CT molecular complexity index is 736. The summed E-state index contributed by atoms with van der Waals surface area (Å²) in [5.74, 6) is 1.74. The number of aryl methyl sites for hydroxylation is 1. The lowest BCUT2D eigenvalue weighted by Gasteiger charge is -2.07. The van der Waals surface area contributed by atoms with Crippen LogP contribution < -0.4 is 5.32 Å². The van der Waals surface area contributed by atoms with Crippen molar-refractivity contribution in [1.82, 2.24) is 29.7 Å². The zero-order chi connectivity index (χ0) is 14.7. The SMILES string of the molecule is CCNc1cc(-c2cnn(C)c2)nc(-c2ncccn2)n1. The monoisotopic (exact) mass is 281 g/mol. The Balaban J connectivity index is 2.10. The minimum absolute atomic E-state index is 0.493. The van der Waals surface area contributed by atoms with Crippen molar-refractivity contribution in [2.45, 2.75) is 6.92 Å². The molecule has 106 valence electrons. The maximum absolute atomic E-state index is 4.54. The topological polar surface area (TPSA) is 81.4 Å². The molecule has 7 heteroatoms. The highest BCUT2D eigenvalue weighted by molar-refractivity contribution is 5.64. The van der Waals surface area contributed by atoms with Crippen LogP contribution in [-0.4, -0.2) is 36.3 Å². The highest BCUT2D eigenvalue weighted by atomic mass is 15.2. The van der Waals surface area contributed by atoms with Gasteiger partial charge in [-0.05, 0) is 13.0 Å². The van der Waals surface area contributed by atoms with Crippen LogP contribution in [0, 0.1) is 0 Å². The van der Waals surface area contributed by atoms with Crippen molar-refractivity contribution in [3.63, 3.8) is 0 Å². The minimum Gasteiger partial charge on any atom is -0.370 e. The summed E-state index contributed by atoms with van der Waals surface area (Å²) in [7, 11) is 1.87. The van der Waals surface area contributed by atoms with Gasteiger partial charge in [0.1, 0.15) is 5.82 Å². The molecule has 0 aliphatic heterocycles. The van der Waals surface area contributed by atoms with Gasteiger partial charge in [0.25, 0.3) is 0 Å². The molecule has 0 aromatic carbocycles. The number of nitrogens with one attached hydrogen (secondary N) is 1. The molecule has 0 bridgehead atoms. The summed E-state index contributed by atoms with van der Waals surface area (Å²) in [4.78, 5) is 17.4. The summed E-state index contributed by atoms with van der Waals surface area (Å²) < 4.78 is 1.74. The van der Waals surface area contributed by atoms with Crippen molar-refractivity contribution in [2.75, 3.05) is 11.9 Å². The van der Waals surface area contributed by atoms with Crippen LogP contribution in [0.25, 0.3) is 22.9 Å². The van der Waals surface area contributed by atoms with E-state index in [4.69, 9.17) is 0 Å². The van der Waals surface area contributed by atoms with E-state index in [-0.39, 0.29) is 0 Å². The van der Waals surface area contributed by atoms with Gasteiger partial charge in [0, 0.05) is 43.8 Å². The first-order valence-electron chi connectivity index (χ1n) is 6.65. The Morgan fingerprint density at radius 3 is 2.62 bits per heavy atom. The average molecular weight is 281 g/mol. The van der Waals surface area contributed by atoms with E-state index in [2.05, 4.69) is 30.4 Å². The van der Waals surface area contributed by atoms with Gasteiger partial charge in [-0.2, -0.15) is 5.10 Å². The van der Waals surface area contributed by atoms with Crippen molar-refractivity contribution < 1.29 is 0 Å². The van der Waals surface area contributed by atoms with Gasteiger partial charge in [0.05, 0.1) is 11.9 Å². The van der Waals surface area contributed by atoms with Crippen LogP contribution in [0.15, 0.2) is 36.9 Å². The van der Waals surface area contributed by atoms with Gasteiger partial charge >= 0.3 is 0 Å². The quantitative estimate of drug-likeness (QED) is 0.785. The second-order valence-electron chi connectivity index (χ2n) is 4.47. The molecule has 3 rings (SSSR count). The van der Waals surface area contributed by atoms with E-state index in [9.17, 15) is 0 Å². The summed E-state index contributed by atoms with van der Waals surface area (Å²) in [6, 6.07) is 3.66. The fraction of sp³-hybridized carbons (Fsp3) is 0.214. The first-order valence-corrected chi connectivity index (χ1v) is 6.65. The molecule has 3 aromatic heterocycles. The molecule has 0 fully saturated rings. The highest BCUT2D eigenvalue weighted by Gasteiger charge is 2.11. The first-order chi connectivity index (χ1) is 10.3.